The smallest absolute Gasteiger partial charge is 0.192 e. The van der Waals surface area contributed by atoms with Crippen molar-refractivity contribution >= 4 is 35.0 Å². The first-order valence-electron chi connectivity index (χ1n) is 6.87. The van der Waals surface area contributed by atoms with Crippen LogP contribution >= 0.6 is 35.0 Å². The van der Waals surface area contributed by atoms with Gasteiger partial charge >= 0.3 is 0 Å². The largest absolute Gasteiger partial charge is 0.467 e. The van der Waals surface area contributed by atoms with E-state index in [9.17, 15) is 0 Å². The van der Waals surface area contributed by atoms with Crippen LogP contribution in [0.15, 0.2) is 63.8 Å². The summed E-state index contributed by atoms with van der Waals surface area (Å²) in [6, 6.07) is 11.3. The number of benzene rings is 1. The number of furan rings is 1. The summed E-state index contributed by atoms with van der Waals surface area (Å²) < 4.78 is 7.48. The second kappa shape index (κ2) is 7.73. The molecule has 0 spiro atoms. The Hall–Kier alpha value is -1.69. The van der Waals surface area contributed by atoms with Crippen LogP contribution in [0, 0.1) is 0 Å². The SMILES string of the molecule is Cl/C=C/CSc1nnc(-c2ccc(Cl)cc2)n1Cc1ccco1. The van der Waals surface area contributed by atoms with E-state index in [-0.39, 0.29) is 0 Å². The van der Waals surface area contributed by atoms with Crippen LogP contribution in [0.25, 0.3) is 11.4 Å². The predicted molar refractivity (Wildman–Crippen MR) is 94.0 cm³/mol. The Balaban J connectivity index is 1.95. The molecule has 0 aliphatic carbocycles. The van der Waals surface area contributed by atoms with Gasteiger partial charge in [-0.2, -0.15) is 0 Å². The van der Waals surface area contributed by atoms with Gasteiger partial charge in [-0.1, -0.05) is 41.0 Å². The lowest BCUT2D eigenvalue weighted by Gasteiger charge is -2.08. The second-order valence-electron chi connectivity index (χ2n) is 4.65. The van der Waals surface area contributed by atoms with E-state index in [0.29, 0.717) is 11.6 Å². The molecule has 0 amide bonds. The van der Waals surface area contributed by atoms with Crippen LogP contribution < -0.4 is 0 Å². The normalized spacial score (nSPS) is 11.4. The summed E-state index contributed by atoms with van der Waals surface area (Å²) in [4.78, 5) is 0. The summed E-state index contributed by atoms with van der Waals surface area (Å²) >= 11 is 13.1. The maximum Gasteiger partial charge on any atom is 0.192 e. The summed E-state index contributed by atoms with van der Waals surface area (Å²) in [5.74, 6) is 2.34. The van der Waals surface area contributed by atoms with E-state index in [2.05, 4.69) is 10.2 Å². The quantitative estimate of drug-likeness (QED) is 0.571. The molecule has 3 rings (SSSR count). The number of hydrogen-bond donors (Lipinski definition) is 0. The summed E-state index contributed by atoms with van der Waals surface area (Å²) in [5.41, 5.74) is 2.45. The molecule has 2 heterocycles. The predicted octanol–water partition coefficient (Wildman–Crippen LogP) is 5.08. The van der Waals surface area contributed by atoms with E-state index >= 15 is 0 Å². The van der Waals surface area contributed by atoms with Crippen molar-refractivity contribution in [2.24, 2.45) is 0 Å². The summed E-state index contributed by atoms with van der Waals surface area (Å²) in [6.07, 6.45) is 3.52. The number of aromatic nitrogens is 3. The van der Waals surface area contributed by atoms with Gasteiger partial charge in [-0.15, -0.1) is 10.2 Å². The van der Waals surface area contributed by atoms with Gasteiger partial charge in [-0.05, 0) is 36.4 Å². The van der Waals surface area contributed by atoms with Crippen LogP contribution in [0.1, 0.15) is 5.76 Å². The van der Waals surface area contributed by atoms with Gasteiger partial charge in [0.15, 0.2) is 11.0 Å². The van der Waals surface area contributed by atoms with Gasteiger partial charge in [0.1, 0.15) is 5.76 Å². The minimum Gasteiger partial charge on any atom is -0.467 e. The molecule has 0 unspecified atom stereocenters. The van der Waals surface area contributed by atoms with E-state index in [1.807, 2.05) is 47.0 Å². The first-order chi connectivity index (χ1) is 11.3. The van der Waals surface area contributed by atoms with E-state index in [1.54, 1.807) is 18.0 Å². The fourth-order valence-corrected chi connectivity index (χ4v) is 3.14. The maximum atomic E-state index is 5.96. The van der Waals surface area contributed by atoms with Crippen molar-refractivity contribution in [3.8, 4) is 11.4 Å². The highest BCUT2D eigenvalue weighted by molar-refractivity contribution is 7.99. The molecule has 4 nitrogen and oxygen atoms in total. The van der Waals surface area contributed by atoms with E-state index in [4.69, 9.17) is 27.6 Å². The van der Waals surface area contributed by atoms with Crippen LogP contribution in [0.5, 0.6) is 0 Å². The Bertz CT molecular complexity index is 782. The fraction of sp³-hybridized carbons (Fsp3) is 0.125. The van der Waals surface area contributed by atoms with Gasteiger partial charge in [0.05, 0.1) is 12.8 Å². The number of rotatable bonds is 6. The zero-order valence-electron chi connectivity index (χ0n) is 12.0. The summed E-state index contributed by atoms with van der Waals surface area (Å²) in [7, 11) is 0. The Morgan fingerprint density at radius 2 is 2.00 bits per heavy atom. The third kappa shape index (κ3) is 3.99. The van der Waals surface area contributed by atoms with E-state index < -0.39 is 0 Å². The topological polar surface area (TPSA) is 43.9 Å². The highest BCUT2D eigenvalue weighted by atomic mass is 35.5. The molecule has 0 atom stereocenters. The minimum atomic E-state index is 0.560. The molecule has 0 N–H and O–H groups in total. The molecule has 118 valence electrons. The number of nitrogens with zero attached hydrogens (tertiary/aromatic N) is 3. The lowest BCUT2D eigenvalue weighted by Crippen LogP contribution is -2.03. The summed E-state index contributed by atoms with van der Waals surface area (Å²) in [5, 5.41) is 10.1. The number of halogens is 2. The van der Waals surface area contributed by atoms with E-state index in [1.165, 1.54) is 5.54 Å². The number of hydrogen-bond acceptors (Lipinski definition) is 4. The molecule has 0 saturated carbocycles. The standard InChI is InChI=1S/C16H13Cl2N3OS/c17-8-2-10-23-16-20-19-15(12-4-6-13(18)7-5-12)21(16)11-14-3-1-9-22-14/h1-9H,10-11H2/b8-2+. The average Bonchev–Trinajstić information content (AvgIpc) is 3.20. The zero-order chi connectivity index (χ0) is 16.1. The molecule has 23 heavy (non-hydrogen) atoms. The second-order valence-corrected chi connectivity index (χ2v) is 6.33. The van der Waals surface area contributed by atoms with Crippen molar-refractivity contribution in [1.82, 2.24) is 14.8 Å². The van der Waals surface area contributed by atoms with Gasteiger partial charge in [-0.3, -0.25) is 4.57 Å². The molecular formula is C16H13Cl2N3OS. The van der Waals surface area contributed by atoms with Crippen molar-refractivity contribution < 1.29 is 4.42 Å². The van der Waals surface area contributed by atoms with Crippen molar-refractivity contribution in [2.75, 3.05) is 5.75 Å². The zero-order valence-corrected chi connectivity index (χ0v) is 14.4. The van der Waals surface area contributed by atoms with Crippen molar-refractivity contribution in [3.05, 3.63) is 65.1 Å². The lowest BCUT2D eigenvalue weighted by molar-refractivity contribution is 0.485. The molecule has 0 saturated heterocycles. The first kappa shape index (κ1) is 16.2. The molecule has 0 aliphatic rings. The van der Waals surface area contributed by atoms with Crippen molar-refractivity contribution in [3.63, 3.8) is 0 Å². The number of thioether (sulfide) groups is 1. The maximum absolute atomic E-state index is 5.96. The Labute approximate surface area is 148 Å². The Kier molecular flexibility index (Phi) is 5.43. The fourth-order valence-electron chi connectivity index (χ4n) is 2.07. The molecule has 0 aliphatic heterocycles. The van der Waals surface area contributed by atoms with Crippen LogP contribution in [-0.2, 0) is 6.54 Å². The average molecular weight is 366 g/mol. The van der Waals surface area contributed by atoms with E-state index in [0.717, 1.165) is 28.1 Å². The highest BCUT2D eigenvalue weighted by Crippen LogP contribution is 2.26. The Morgan fingerprint density at radius 1 is 1.17 bits per heavy atom. The molecule has 0 fully saturated rings. The molecular weight excluding hydrogens is 353 g/mol. The van der Waals surface area contributed by atoms with Crippen LogP contribution in [0.4, 0.5) is 0 Å². The van der Waals surface area contributed by atoms with Gasteiger partial charge in [0, 0.05) is 21.9 Å². The highest BCUT2D eigenvalue weighted by Gasteiger charge is 2.15. The molecule has 1 aromatic carbocycles. The first-order valence-corrected chi connectivity index (χ1v) is 8.67. The monoisotopic (exact) mass is 365 g/mol. The molecule has 3 aromatic rings. The third-order valence-electron chi connectivity index (χ3n) is 3.11. The molecule has 7 heteroatoms. The van der Waals surface area contributed by atoms with Gasteiger partial charge < -0.3 is 4.42 Å². The summed E-state index contributed by atoms with van der Waals surface area (Å²) in [6.45, 7) is 0.560. The van der Waals surface area contributed by atoms with Crippen LogP contribution in [0.3, 0.4) is 0 Å². The molecule has 0 bridgehead atoms. The lowest BCUT2D eigenvalue weighted by atomic mass is 10.2. The molecule has 0 radical (unpaired) electrons. The minimum absolute atomic E-state index is 0.560. The van der Waals surface area contributed by atoms with Gasteiger partial charge in [0.2, 0.25) is 0 Å². The Morgan fingerprint density at radius 3 is 2.70 bits per heavy atom. The molecule has 2 aromatic heterocycles. The van der Waals surface area contributed by atoms with Gasteiger partial charge in [0.25, 0.3) is 0 Å². The van der Waals surface area contributed by atoms with Gasteiger partial charge in [-0.25, -0.2) is 0 Å². The van der Waals surface area contributed by atoms with Crippen LogP contribution in [-0.4, -0.2) is 20.5 Å². The third-order valence-corrected chi connectivity index (χ3v) is 4.46. The van der Waals surface area contributed by atoms with Crippen molar-refractivity contribution in [2.45, 2.75) is 11.7 Å². The van der Waals surface area contributed by atoms with Crippen LogP contribution in [0.2, 0.25) is 5.02 Å². The van der Waals surface area contributed by atoms with Crippen molar-refractivity contribution in [1.29, 1.82) is 0 Å².